The molecule has 1 aliphatic carbocycles. The SMILES string of the molecule is CCCCNC(=S)NCC1CCC(C)CC1. The zero-order valence-corrected chi connectivity index (χ0v) is 11.5. The number of hydrogen-bond acceptors (Lipinski definition) is 1. The lowest BCUT2D eigenvalue weighted by Gasteiger charge is -2.26. The Bertz CT molecular complexity index is 198. The van der Waals surface area contributed by atoms with Crippen LogP contribution in [0.2, 0.25) is 0 Å². The Morgan fingerprint density at radius 1 is 1.19 bits per heavy atom. The molecule has 0 aromatic carbocycles. The molecule has 0 bridgehead atoms. The van der Waals surface area contributed by atoms with Gasteiger partial charge in [0, 0.05) is 13.1 Å². The van der Waals surface area contributed by atoms with Crippen molar-refractivity contribution in [2.45, 2.75) is 52.4 Å². The molecule has 0 radical (unpaired) electrons. The van der Waals surface area contributed by atoms with Gasteiger partial charge in [0.1, 0.15) is 0 Å². The van der Waals surface area contributed by atoms with Gasteiger partial charge in [0.15, 0.2) is 5.11 Å². The third-order valence-electron chi connectivity index (χ3n) is 3.50. The van der Waals surface area contributed by atoms with Crippen molar-refractivity contribution in [3.05, 3.63) is 0 Å². The van der Waals surface area contributed by atoms with Crippen LogP contribution in [0.5, 0.6) is 0 Å². The molecule has 2 N–H and O–H groups in total. The number of unbranched alkanes of at least 4 members (excludes halogenated alkanes) is 1. The number of rotatable bonds is 5. The number of nitrogens with one attached hydrogen (secondary N) is 2. The molecule has 0 aromatic heterocycles. The van der Waals surface area contributed by atoms with Gasteiger partial charge in [-0.15, -0.1) is 0 Å². The highest BCUT2D eigenvalue weighted by Crippen LogP contribution is 2.27. The van der Waals surface area contributed by atoms with Gasteiger partial charge in [-0.1, -0.05) is 33.1 Å². The quantitative estimate of drug-likeness (QED) is 0.572. The van der Waals surface area contributed by atoms with Crippen LogP contribution in [0, 0.1) is 11.8 Å². The summed E-state index contributed by atoms with van der Waals surface area (Å²) in [6.07, 6.45) is 7.93. The first-order valence-corrected chi connectivity index (χ1v) is 7.15. The predicted molar refractivity (Wildman–Crippen MR) is 74.6 cm³/mol. The summed E-state index contributed by atoms with van der Waals surface area (Å²) < 4.78 is 0. The van der Waals surface area contributed by atoms with Gasteiger partial charge in [-0.25, -0.2) is 0 Å². The van der Waals surface area contributed by atoms with Crippen LogP contribution in [0.25, 0.3) is 0 Å². The molecular weight excluding hydrogens is 216 g/mol. The van der Waals surface area contributed by atoms with Crippen LogP contribution in [0.1, 0.15) is 52.4 Å². The van der Waals surface area contributed by atoms with Crippen LogP contribution in [-0.2, 0) is 0 Å². The van der Waals surface area contributed by atoms with Crippen LogP contribution in [0.3, 0.4) is 0 Å². The predicted octanol–water partition coefficient (Wildman–Crippen LogP) is 3.08. The van der Waals surface area contributed by atoms with E-state index in [1.807, 2.05) is 0 Å². The Kier molecular flexibility index (Phi) is 6.78. The summed E-state index contributed by atoms with van der Waals surface area (Å²) in [7, 11) is 0. The highest BCUT2D eigenvalue weighted by Gasteiger charge is 2.17. The maximum Gasteiger partial charge on any atom is 0.166 e. The third-order valence-corrected chi connectivity index (χ3v) is 3.79. The second-order valence-corrected chi connectivity index (χ2v) is 5.52. The van der Waals surface area contributed by atoms with Crippen LogP contribution < -0.4 is 10.6 Å². The van der Waals surface area contributed by atoms with Gasteiger partial charge in [0.25, 0.3) is 0 Å². The summed E-state index contributed by atoms with van der Waals surface area (Å²) in [5.41, 5.74) is 0. The third kappa shape index (κ3) is 5.69. The minimum atomic E-state index is 0.835. The van der Waals surface area contributed by atoms with Gasteiger partial charge >= 0.3 is 0 Å². The van der Waals surface area contributed by atoms with Gasteiger partial charge < -0.3 is 10.6 Å². The molecule has 0 heterocycles. The second-order valence-electron chi connectivity index (χ2n) is 5.12. The van der Waals surface area contributed by atoms with Gasteiger partial charge in [0.2, 0.25) is 0 Å². The second kappa shape index (κ2) is 7.88. The molecule has 1 aliphatic rings. The minimum Gasteiger partial charge on any atom is -0.363 e. The molecule has 0 saturated heterocycles. The van der Waals surface area contributed by atoms with Crippen molar-refractivity contribution in [2.75, 3.05) is 13.1 Å². The number of thiocarbonyl (C=S) groups is 1. The average molecular weight is 242 g/mol. The maximum atomic E-state index is 5.24. The van der Waals surface area contributed by atoms with Crippen molar-refractivity contribution in [1.29, 1.82) is 0 Å². The summed E-state index contributed by atoms with van der Waals surface area (Å²) in [5, 5.41) is 7.44. The molecule has 1 saturated carbocycles. The van der Waals surface area contributed by atoms with E-state index < -0.39 is 0 Å². The Balaban J connectivity index is 2.03. The summed E-state index contributed by atoms with van der Waals surface area (Å²) >= 11 is 5.24. The molecule has 0 unspecified atom stereocenters. The molecule has 94 valence electrons. The highest BCUT2D eigenvalue weighted by atomic mass is 32.1. The van der Waals surface area contributed by atoms with Crippen LogP contribution >= 0.6 is 12.2 Å². The summed E-state index contributed by atoms with van der Waals surface area (Å²) in [6, 6.07) is 0. The first kappa shape index (κ1) is 13.8. The van der Waals surface area contributed by atoms with Crippen LogP contribution in [0.15, 0.2) is 0 Å². The standard InChI is InChI=1S/C13H26N2S/c1-3-4-9-14-13(16)15-10-12-7-5-11(2)6-8-12/h11-12H,3-10H2,1-2H3,(H2,14,15,16). The van der Waals surface area contributed by atoms with Gasteiger partial charge in [-0.3, -0.25) is 0 Å². The number of hydrogen-bond donors (Lipinski definition) is 2. The molecule has 2 nitrogen and oxygen atoms in total. The topological polar surface area (TPSA) is 24.1 Å². The Labute approximate surface area is 106 Å². The van der Waals surface area contributed by atoms with E-state index in [1.54, 1.807) is 0 Å². The smallest absolute Gasteiger partial charge is 0.166 e. The molecule has 1 rings (SSSR count). The maximum absolute atomic E-state index is 5.24. The fourth-order valence-electron chi connectivity index (χ4n) is 2.21. The first-order chi connectivity index (χ1) is 7.72. The van der Waals surface area contributed by atoms with Crippen molar-refractivity contribution in [1.82, 2.24) is 10.6 Å². The van der Waals surface area contributed by atoms with E-state index in [0.717, 1.165) is 30.0 Å². The van der Waals surface area contributed by atoms with Crippen LogP contribution in [0.4, 0.5) is 0 Å². The monoisotopic (exact) mass is 242 g/mol. The zero-order valence-electron chi connectivity index (χ0n) is 10.7. The fourth-order valence-corrected chi connectivity index (χ4v) is 2.40. The lowest BCUT2D eigenvalue weighted by atomic mass is 9.83. The average Bonchev–Trinajstić information content (AvgIpc) is 2.29. The minimum absolute atomic E-state index is 0.835. The molecule has 0 amide bonds. The molecule has 1 fully saturated rings. The summed E-state index contributed by atoms with van der Waals surface area (Å²) in [5.74, 6) is 1.77. The normalized spacial score (nSPS) is 25.1. The molecule has 0 spiro atoms. The fraction of sp³-hybridized carbons (Fsp3) is 0.923. The lowest BCUT2D eigenvalue weighted by Crippen LogP contribution is -2.39. The largest absolute Gasteiger partial charge is 0.363 e. The van der Waals surface area contributed by atoms with E-state index in [9.17, 15) is 0 Å². The molecule has 3 heteroatoms. The summed E-state index contributed by atoms with van der Waals surface area (Å²) in [6.45, 7) is 6.62. The first-order valence-electron chi connectivity index (χ1n) is 6.74. The van der Waals surface area contributed by atoms with E-state index in [1.165, 1.54) is 38.5 Å². The summed E-state index contributed by atoms with van der Waals surface area (Å²) in [4.78, 5) is 0. The van der Waals surface area contributed by atoms with E-state index in [-0.39, 0.29) is 0 Å². The Hall–Kier alpha value is -0.310. The van der Waals surface area contributed by atoms with Crippen molar-refractivity contribution in [3.63, 3.8) is 0 Å². The van der Waals surface area contributed by atoms with E-state index in [4.69, 9.17) is 12.2 Å². The lowest BCUT2D eigenvalue weighted by molar-refractivity contribution is 0.290. The Morgan fingerprint density at radius 3 is 2.50 bits per heavy atom. The van der Waals surface area contributed by atoms with E-state index in [0.29, 0.717) is 0 Å². The van der Waals surface area contributed by atoms with E-state index in [2.05, 4.69) is 24.5 Å². The molecule has 0 atom stereocenters. The zero-order chi connectivity index (χ0) is 11.8. The molecule has 0 aromatic rings. The Morgan fingerprint density at radius 2 is 1.88 bits per heavy atom. The van der Waals surface area contributed by atoms with Crippen molar-refractivity contribution in [3.8, 4) is 0 Å². The van der Waals surface area contributed by atoms with Crippen molar-refractivity contribution < 1.29 is 0 Å². The highest BCUT2D eigenvalue weighted by molar-refractivity contribution is 7.80. The van der Waals surface area contributed by atoms with E-state index >= 15 is 0 Å². The van der Waals surface area contributed by atoms with Gasteiger partial charge in [-0.2, -0.15) is 0 Å². The van der Waals surface area contributed by atoms with Gasteiger partial charge in [0.05, 0.1) is 0 Å². The molecule has 16 heavy (non-hydrogen) atoms. The van der Waals surface area contributed by atoms with Crippen LogP contribution in [-0.4, -0.2) is 18.2 Å². The van der Waals surface area contributed by atoms with Crippen molar-refractivity contribution in [2.24, 2.45) is 11.8 Å². The van der Waals surface area contributed by atoms with Gasteiger partial charge in [-0.05, 0) is 43.3 Å². The molecule has 0 aliphatic heterocycles. The molecular formula is C13H26N2S. The van der Waals surface area contributed by atoms with Crippen molar-refractivity contribution >= 4 is 17.3 Å².